The van der Waals surface area contributed by atoms with E-state index in [0.717, 1.165) is 0 Å². The number of halogens is 16. The lowest BCUT2D eigenvalue weighted by Crippen LogP contribution is -2.60. The molecule has 0 heterocycles. The Morgan fingerprint density at radius 1 is 0.781 bits per heavy atom. The Kier molecular flexibility index (Phi) is 7.81. The molecule has 1 atom stereocenters. The number of rotatable bonds is 4. The summed E-state index contributed by atoms with van der Waals surface area (Å²) >= 11 is 18.1. The van der Waals surface area contributed by atoms with Gasteiger partial charge in [0, 0.05) is 16.5 Å². The van der Waals surface area contributed by atoms with E-state index in [2.05, 4.69) is 15.9 Å². The van der Waals surface area contributed by atoms with Gasteiger partial charge < -0.3 is 0 Å². The lowest BCUT2D eigenvalue weighted by Gasteiger charge is -2.37. The van der Waals surface area contributed by atoms with Crippen molar-refractivity contribution in [2.24, 2.45) is 0 Å². The van der Waals surface area contributed by atoms with Crippen LogP contribution in [-0.4, -0.2) is 36.0 Å². The van der Waals surface area contributed by atoms with Gasteiger partial charge in [-0.15, -0.1) is 0 Å². The van der Waals surface area contributed by atoms with Crippen LogP contribution in [0.1, 0.15) is 11.1 Å². The van der Waals surface area contributed by atoms with E-state index in [1.54, 1.807) is 0 Å². The van der Waals surface area contributed by atoms with Gasteiger partial charge in [0.15, 0.2) is 3.79 Å². The van der Waals surface area contributed by atoms with Crippen molar-refractivity contribution in [2.75, 3.05) is 0 Å². The fourth-order valence-electron chi connectivity index (χ4n) is 2.28. The fraction of sp³-hybridized carbons (Fsp3) is 0.538. The van der Waals surface area contributed by atoms with Crippen LogP contribution in [0.4, 0.5) is 52.7 Å². The molecule has 1 aromatic carbocycles. The summed E-state index contributed by atoms with van der Waals surface area (Å²) in [4.78, 5) is -2.29. The highest BCUT2D eigenvalue weighted by atomic mass is 79.9. The second kappa shape index (κ2) is 8.41. The molecule has 0 spiro atoms. The van der Waals surface area contributed by atoms with Crippen LogP contribution in [-0.2, 0) is 21.9 Å². The first-order chi connectivity index (χ1) is 13.7. The first kappa shape index (κ1) is 29.7. The zero-order valence-electron chi connectivity index (χ0n) is 14.1. The van der Waals surface area contributed by atoms with E-state index in [1.165, 1.54) is 0 Å². The minimum absolute atomic E-state index is 0.124. The predicted molar refractivity (Wildman–Crippen MR) is 91.2 cm³/mol. The summed E-state index contributed by atoms with van der Waals surface area (Å²) in [6, 6.07) is -1.09. The van der Waals surface area contributed by atoms with Gasteiger partial charge in [0.1, 0.15) is 0 Å². The van der Waals surface area contributed by atoms with Crippen molar-refractivity contribution in [2.45, 2.75) is 44.6 Å². The van der Waals surface area contributed by atoms with Crippen LogP contribution in [0.3, 0.4) is 0 Å². The van der Waals surface area contributed by atoms with Gasteiger partial charge >= 0.3 is 29.5 Å². The Labute approximate surface area is 193 Å². The van der Waals surface area contributed by atoms with E-state index in [9.17, 15) is 61.1 Å². The molecule has 0 bridgehead atoms. The average Bonchev–Trinajstić information content (AvgIpc) is 2.51. The van der Waals surface area contributed by atoms with Gasteiger partial charge in [0.05, 0.1) is 4.90 Å². The SMILES string of the molecule is O=S(=O)(c1cc(Br)c(CC(Cl)(Cl)Cl)c(C(F)(C(F)(F)F)C(F)(F)C(F)(F)F)c1)C(F)(F)F. The maximum absolute atomic E-state index is 15.0. The summed E-state index contributed by atoms with van der Waals surface area (Å²) in [5.41, 5.74) is -17.5. The molecule has 2 nitrogen and oxygen atoms in total. The Balaban J connectivity index is 4.30. The molecule has 0 aliphatic heterocycles. The number of benzene rings is 1. The van der Waals surface area contributed by atoms with Crippen LogP contribution >= 0.6 is 50.7 Å². The molecular formula is C13H4BrCl3F12O2S. The highest BCUT2D eigenvalue weighted by molar-refractivity contribution is 9.10. The zero-order valence-corrected chi connectivity index (χ0v) is 18.8. The molecule has 1 unspecified atom stereocenters. The van der Waals surface area contributed by atoms with Crippen molar-refractivity contribution in [3.8, 4) is 0 Å². The van der Waals surface area contributed by atoms with Gasteiger partial charge in [-0.2, -0.15) is 48.3 Å². The summed E-state index contributed by atoms with van der Waals surface area (Å²) in [5.74, 6) is -7.33. The molecule has 0 aliphatic carbocycles. The monoisotopic (exact) mass is 636 g/mol. The maximum Gasteiger partial charge on any atom is 0.501 e. The van der Waals surface area contributed by atoms with Gasteiger partial charge in [-0.25, -0.2) is 12.8 Å². The molecule has 32 heavy (non-hydrogen) atoms. The third-order valence-corrected chi connectivity index (χ3v) is 6.29. The number of sulfone groups is 1. The Morgan fingerprint density at radius 3 is 1.53 bits per heavy atom. The van der Waals surface area contributed by atoms with Crippen LogP contribution in [0, 0.1) is 0 Å². The zero-order chi connectivity index (χ0) is 25.9. The molecular weight excluding hydrogens is 634 g/mol. The maximum atomic E-state index is 15.0. The van der Waals surface area contributed by atoms with Crippen molar-refractivity contribution in [3.63, 3.8) is 0 Å². The van der Waals surface area contributed by atoms with Crippen LogP contribution in [0.15, 0.2) is 21.5 Å². The predicted octanol–water partition coefficient (Wildman–Crippen LogP) is 7.58. The summed E-state index contributed by atoms with van der Waals surface area (Å²) in [7, 11) is -6.66. The van der Waals surface area contributed by atoms with Crippen LogP contribution in [0.25, 0.3) is 0 Å². The van der Waals surface area contributed by atoms with Crippen LogP contribution < -0.4 is 0 Å². The summed E-state index contributed by atoms with van der Waals surface area (Å²) < 4.78 is 178. The third-order valence-electron chi connectivity index (χ3n) is 3.71. The molecule has 0 fully saturated rings. The fourth-order valence-corrected chi connectivity index (χ4v) is 4.25. The van der Waals surface area contributed by atoms with Gasteiger partial charge in [0.25, 0.3) is 9.84 Å². The van der Waals surface area contributed by atoms with Gasteiger partial charge in [-0.05, 0) is 17.7 Å². The first-order valence-corrected chi connectivity index (χ1v) is 10.5. The Morgan fingerprint density at radius 2 is 1.22 bits per heavy atom. The highest BCUT2D eigenvalue weighted by Crippen LogP contribution is 2.60. The van der Waals surface area contributed by atoms with Crippen molar-refractivity contribution in [3.05, 3.63) is 27.7 Å². The second-order valence-electron chi connectivity index (χ2n) is 5.90. The van der Waals surface area contributed by atoms with Gasteiger partial charge in [-0.3, -0.25) is 0 Å². The van der Waals surface area contributed by atoms with Crippen molar-refractivity contribution in [1.82, 2.24) is 0 Å². The summed E-state index contributed by atoms with van der Waals surface area (Å²) in [6.45, 7) is 0. The molecule has 0 aliphatic rings. The molecule has 0 N–H and O–H groups in total. The largest absolute Gasteiger partial charge is 0.501 e. The number of alkyl halides is 15. The Bertz CT molecular complexity index is 982. The van der Waals surface area contributed by atoms with Crippen molar-refractivity contribution in [1.29, 1.82) is 0 Å². The summed E-state index contributed by atoms with van der Waals surface area (Å²) in [6.07, 6.45) is -16.0. The quantitative estimate of drug-likeness (QED) is 0.252. The minimum atomic E-state index is -7.33. The molecule has 0 saturated heterocycles. The average molecular weight is 638 g/mol. The number of hydrogen-bond acceptors (Lipinski definition) is 2. The highest BCUT2D eigenvalue weighted by Gasteiger charge is 2.82. The van der Waals surface area contributed by atoms with E-state index in [0.29, 0.717) is 0 Å². The molecule has 0 saturated carbocycles. The van der Waals surface area contributed by atoms with Crippen molar-refractivity contribution < 1.29 is 61.1 Å². The molecule has 186 valence electrons. The van der Waals surface area contributed by atoms with E-state index >= 15 is 0 Å². The van der Waals surface area contributed by atoms with Gasteiger partial charge in [-0.1, -0.05) is 50.7 Å². The third kappa shape index (κ3) is 5.18. The van der Waals surface area contributed by atoms with E-state index in [1.807, 2.05) is 0 Å². The van der Waals surface area contributed by atoms with E-state index in [4.69, 9.17) is 34.8 Å². The van der Waals surface area contributed by atoms with E-state index in [-0.39, 0.29) is 6.07 Å². The first-order valence-electron chi connectivity index (χ1n) is 7.13. The lowest BCUT2D eigenvalue weighted by molar-refractivity contribution is -0.389. The summed E-state index contributed by atoms with van der Waals surface area (Å²) in [5, 5.41) is 0. The smallest absolute Gasteiger partial charge is 0.221 e. The van der Waals surface area contributed by atoms with Crippen LogP contribution in [0.2, 0.25) is 0 Å². The molecule has 0 amide bonds. The minimum Gasteiger partial charge on any atom is -0.221 e. The van der Waals surface area contributed by atoms with Gasteiger partial charge in [0.2, 0.25) is 0 Å². The number of hydrogen-bond donors (Lipinski definition) is 0. The molecule has 1 aromatic rings. The standard InChI is InChI=1S/C13H4BrCl3F12O2S/c14-7-2-4(32(30,31)13(27,28)29)1-6(5(7)3-8(15,16)17)9(18,11(21,22)23)10(19,20)12(24,25)26/h1-2H,3H2. The lowest BCUT2D eigenvalue weighted by atomic mass is 9.84. The van der Waals surface area contributed by atoms with Crippen molar-refractivity contribution >= 4 is 60.6 Å². The van der Waals surface area contributed by atoms with Crippen LogP contribution in [0.5, 0.6) is 0 Å². The second-order valence-corrected chi connectivity index (χ2v) is 11.2. The molecule has 1 rings (SSSR count). The Hall–Kier alpha value is -0.320. The normalized spacial score (nSPS) is 16.8. The molecule has 0 aromatic heterocycles. The van der Waals surface area contributed by atoms with E-state index < -0.39 is 76.1 Å². The molecule has 19 heteroatoms. The topological polar surface area (TPSA) is 34.1 Å². The molecule has 0 radical (unpaired) electrons.